The second-order valence-electron chi connectivity index (χ2n) is 4.21. The summed E-state index contributed by atoms with van der Waals surface area (Å²) in [7, 11) is 1.45. The van der Waals surface area contributed by atoms with Crippen LogP contribution in [0.5, 0.6) is 0 Å². The number of aromatic nitrogens is 4. The molecule has 0 aliphatic heterocycles. The second-order valence-corrected chi connectivity index (χ2v) is 4.21. The monoisotopic (exact) mass is 298 g/mol. The van der Waals surface area contributed by atoms with Crippen molar-refractivity contribution in [2.45, 2.75) is 19.6 Å². The molecule has 0 aliphatic carbocycles. The van der Waals surface area contributed by atoms with Crippen molar-refractivity contribution >= 4 is 11.8 Å². The Morgan fingerprint density at radius 1 is 1.14 bits per heavy atom. The predicted molar refractivity (Wildman–Crippen MR) is 70.7 cm³/mol. The molecule has 2 heterocycles. The van der Waals surface area contributed by atoms with Crippen LogP contribution < -0.4 is 10.6 Å². The average Bonchev–Trinajstić information content (AvgIpc) is 2.45. The van der Waals surface area contributed by atoms with Gasteiger partial charge < -0.3 is 10.6 Å². The molecule has 2 rings (SSSR count). The molecular weight excluding hydrogens is 285 g/mol. The second kappa shape index (κ2) is 5.90. The number of hydrogen-bond donors (Lipinski definition) is 2. The minimum atomic E-state index is -4.53. The van der Waals surface area contributed by atoms with Crippen LogP contribution in [-0.4, -0.2) is 27.0 Å². The van der Waals surface area contributed by atoms with Crippen LogP contribution in [0.2, 0.25) is 0 Å². The third-order valence-corrected chi connectivity index (χ3v) is 2.53. The molecule has 0 aromatic carbocycles. The predicted octanol–water partition coefficient (Wildman–Crippen LogP) is 2.25. The maximum Gasteiger partial charge on any atom is 0.433 e. The Hall–Kier alpha value is -2.45. The van der Waals surface area contributed by atoms with E-state index in [4.69, 9.17) is 0 Å². The van der Waals surface area contributed by atoms with Crippen LogP contribution in [-0.2, 0) is 12.7 Å². The van der Waals surface area contributed by atoms with E-state index in [1.165, 1.54) is 7.05 Å². The van der Waals surface area contributed by atoms with E-state index in [0.717, 1.165) is 11.8 Å². The van der Waals surface area contributed by atoms with Gasteiger partial charge in [-0.25, -0.2) is 4.98 Å². The molecule has 0 saturated carbocycles. The number of nitrogens with one attached hydrogen (secondary N) is 2. The Morgan fingerprint density at radius 2 is 1.90 bits per heavy atom. The highest BCUT2D eigenvalue weighted by Crippen LogP contribution is 2.29. The van der Waals surface area contributed by atoms with Crippen molar-refractivity contribution in [1.29, 1.82) is 0 Å². The number of halogens is 3. The van der Waals surface area contributed by atoms with Gasteiger partial charge in [-0.1, -0.05) is 0 Å². The lowest BCUT2D eigenvalue weighted by atomic mass is 10.3. The molecule has 0 atom stereocenters. The van der Waals surface area contributed by atoms with E-state index < -0.39 is 11.9 Å². The van der Waals surface area contributed by atoms with E-state index in [2.05, 4.69) is 30.6 Å². The summed E-state index contributed by atoms with van der Waals surface area (Å²) >= 11 is 0. The molecule has 112 valence electrons. The van der Waals surface area contributed by atoms with E-state index in [1.807, 2.05) is 0 Å². The number of hydrogen-bond acceptors (Lipinski definition) is 6. The highest BCUT2D eigenvalue weighted by molar-refractivity contribution is 5.43. The zero-order valence-corrected chi connectivity index (χ0v) is 11.4. The maximum atomic E-state index is 12.7. The Balaban J connectivity index is 2.17. The number of aryl methyl sites for hydroxylation is 1. The first kappa shape index (κ1) is 14.9. The lowest BCUT2D eigenvalue weighted by molar-refractivity contribution is -0.141. The molecule has 0 fully saturated rings. The van der Waals surface area contributed by atoms with Crippen molar-refractivity contribution in [3.05, 3.63) is 35.5 Å². The largest absolute Gasteiger partial charge is 0.433 e. The van der Waals surface area contributed by atoms with Gasteiger partial charge in [0.25, 0.3) is 0 Å². The standard InChI is InChI=1S/C12H13F3N6/c1-7-4-18-8(5-17-7)6-19-10-3-9(12(13,14)15)20-11(16-2)21-10/h3-5H,6H2,1-2H3,(H2,16,19,20,21). The summed E-state index contributed by atoms with van der Waals surface area (Å²) in [5.74, 6) is -0.0497. The van der Waals surface area contributed by atoms with Gasteiger partial charge in [-0.15, -0.1) is 0 Å². The number of alkyl halides is 3. The number of nitrogens with zero attached hydrogens (tertiary/aromatic N) is 4. The summed E-state index contributed by atoms with van der Waals surface area (Å²) < 4.78 is 38.2. The topological polar surface area (TPSA) is 75.6 Å². The summed E-state index contributed by atoms with van der Waals surface area (Å²) in [5.41, 5.74) is 0.343. The van der Waals surface area contributed by atoms with E-state index in [1.54, 1.807) is 19.3 Å². The molecule has 0 radical (unpaired) electrons. The minimum absolute atomic E-state index is 0.0593. The van der Waals surface area contributed by atoms with Crippen LogP contribution in [0.3, 0.4) is 0 Å². The van der Waals surface area contributed by atoms with Gasteiger partial charge in [0, 0.05) is 19.3 Å². The van der Waals surface area contributed by atoms with Gasteiger partial charge in [0.15, 0.2) is 5.69 Å². The molecule has 0 spiro atoms. The Labute approximate surface area is 118 Å². The maximum absolute atomic E-state index is 12.7. The first-order valence-electron chi connectivity index (χ1n) is 6.04. The summed E-state index contributed by atoms with van der Waals surface area (Å²) in [6.07, 6.45) is -1.40. The first-order chi connectivity index (χ1) is 9.88. The van der Waals surface area contributed by atoms with Crippen molar-refractivity contribution in [2.24, 2.45) is 0 Å². The minimum Gasteiger partial charge on any atom is -0.364 e. The molecule has 6 nitrogen and oxygen atoms in total. The number of anilines is 2. The normalized spacial score (nSPS) is 11.3. The summed E-state index contributed by atoms with van der Waals surface area (Å²) in [6.45, 7) is 2.01. The van der Waals surface area contributed by atoms with Gasteiger partial charge in [0.1, 0.15) is 5.82 Å². The van der Waals surface area contributed by atoms with E-state index in [-0.39, 0.29) is 18.3 Å². The Kier molecular flexibility index (Phi) is 4.20. The lowest BCUT2D eigenvalue weighted by Crippen LogP contribution is -2.13. The van der Waals surface area contributed by atoms with Crippen LogP contribution in [0, 0.1) is 6.92 Å². The van der Waals surface area contributed by atoms with Crippen LogP contribution >= 0.6 is 0 Å². The fourth-order valence-electron chi connectivity index (χ4n) is 1.49. The van der Waals surface area contributed by atoms with Crippen molar-refractivity contribution in [2.75, 3.05) is 17.7 Å². The van der Waals surface area contributed by atoms with Gasteiger partial charge in [-0.2, -0.15) is 18.2 Å². The molecule has 2 aromatic heterocycles. The zero-order valence-electron chi connectivity index (χ0n) is 11.4. The third-order valence-electron chi connectivity index (χ3n) is 2.53. The molecular formula is C12H13F3N6. The SMILES string of the molecule is CNc1nc(NCc2cnc(C)cn2)cc(C(F)(F)F)n1. The quantitative estimate of drug-likeness (QED) is 0.901. The molecule has 2 aromatic rings. The molecule has 2 N–H and O–H groups in total. The highest BCUT2D eigenvalue weighted by Gasteiger charge is 2.33. The van der Waals surface area contributed by atoms with E-state index in [9.17, 15) is 13.2 Å². The van der Waals surface area contributed by atoms with Crippen LogP contribution in [0.4, 0.5) is 24.9 Å². The molecule has 0 amide bonds. The van der Waals surface area contributed by atoms with Gasteiger partial charge in [-0.05, 0) is 6.92 Å². The van der Waals surface area contributed by atoms with Crippen LogP contribution in [0.25, 0.3) is 0 Å². The van der Waals surface area contributed by atoms with Gasteiger partial charge >= 0.3 is 6.18 Å². The molecule has 21 heavy (non-hydrogen) atoms. The van der Waals surface area contributed by atoms with Crippen LogP contribution in [0.1, 0.15) is 17.1 Å². The Morgan fingerprint density at radius 3 is 2.48 bits per heavy atom. The first-order valence-corrected chi connectivity index (χ1v) is 6.04. The smallest absolute Gasteiger partial charge is 0.364 e. The van der Waals surface area contributed by atoms with Crippen molar-refractivity contribution in [3.8, 4) is 0 Å². The Bertz CT molecular complexity index is 611. The highest BCUT2D eigenvalue weighted by atomic mass is 19.4. The van der Waals surface area contributed by atoms with Crippen molar-refractivity contribution in [3.63, 3.8) is 0 Å². The van der Waals surface area contributed by atoms with E-state index >= 15 is 0 Å². The third kappa shape index (κ3) is 4.01. The molecule has 0 saturated heterocycles. The summed E-state index contributed by atoms with van der Waals surface area (Å²) in [4.78, 5) is 15.4. The molecule has 0 bridgehead atoms. The lowest BCUT2D eigenvalue weighted by Gasteiger charge is -2.11. The summed E-state index contributed by atoms with van der Waals surface area (Å²) in [6, 6.07) is 0.850. The van der Waals surface area contributed by atoms with Gasteiger partial charge in [0.2, 0.25) is 5.95 Å². The molecule has 9 heteroatoms. The van der Waals surface area contributed by atoms with Crippen molar-refractivity contribution in [1.82, 2.24) is 19.9 Å². The van der Waals surface area contributed by atoms with E-state index in [0.29, 0.717) is 5.69 Å². The van der Waals surface area contributed by atoms with Gasteiger partial charge in [-0.3, -0.25) is 9.97 Å². The molecule has 0 aliphatic rings. The average molecular weight is 298 g/mol. The number of rotatable bonds is 4. The summed E-state index contributed by atoms with van der Waals surface area (Å²) in [5, 5.41) is 5.27. The molecule has 0 unspecified atom stereocenters. The fraction of sp³-hybridized carbons (Fsp3) is 0.333. The van der Waals surface area contributed by atoms with Crippen molar-refractivity contribution < 1.29 is 13.2 Å². The fourth-order valence-corrected chi connectivity index (χ4v) is 1.49. The van der Waals surface area contributed by atoms with Crippen LogP contribution in [0.15, 0.2) is 18.5 Å². The van der Waals surface area contributed by atoms with Gasteiger partial charge in [0.05, 0.1) is 24.1 Å². The zero-order chi connectivity index (χ0) is 15.5.